The van der Waals surface area contributed by atoms with Crippen LogP contribution in [-0.2, 0) is 10.0 Å². The molecule has 0 aliphatic carbocycles. The molecule has 2 aromatic rings. The number of carboxylic acid groups (broad SMARTS) is 1. The third-order valence-electron chi connectivity index (χ3n) is 3.05. The number of anilines is 3. The summed E-state index contributed by atoms with van der Waals surface area (Å²) in [4.78, 5) is 10.7. The van der Waals surface area contributed by atoms with Gasteiger partial charge in [0.2, 0.25) is 10.0 Å². The predicted octanol–water partition coefficient (Wildman–Crippen LogP) is 1.37. The summed E-state index contributed by atoms with van der Waals surface area (Å²) in [5.74, 6) is -0.861. The van der Waals surface area contributed by atoms with Gasteiger partial charge in [-0.25, -0.2) is 18.4 Å². The number of nitrogens with two attached hydrogens (primary N) is 2. The normalized spacial score (nSPS) is 11.0. The second kappa shape index (κ2) is 6.15. The molecule has 0 bridgehead atoms. The van der Waals surface area contributed by atoms with Crippen molar-refractivity contribution in [2.45, 2.75) is 4.90 Å². The van der Waals surface area contributed by atoms with Gasteiger partial charge < -0.3 is 20.9 Å². The van der Waals surface area contributed by atoms with Crippen LogP contribution < -0.4 is 20.9 Å². The molecule has 0 radical (unpaired) electrons. The number of carbonyl (C=O) groups is 1. The number of hydrogen-bond acceptors (Lipinski definition) is 6. The van der Waals surface area contributed by atoms with Crippen LogP contribution in [0.2, 0.25) is 0 Å². The number of para-hydroxylation sites is 2. The maximum atomic E-state index is 11.8. The Morgan fingerprint density at radius 3 is 2.48 bits per heavy atom. The Labute approximate surface area is 132 Å². The molecule has 0 fully saturated rings. The van der Waals surface area contributed by atoms with E-state index in [1.807, 2.05) is 0 Å². The number of methoxy groups -OCH3 is 1. The minimum atomic E-state index is -4.20. The number of rotatable bonds is 5. The minimum absolute atomic E-state index is 0.0120. The van der Waals surface area contributed by atoms with E-state index < -0.39 is 20.9 Å². The van der Waals surface area contributed by atoms with Gasteiger partial charge in [-0.2, -0.15) is 0 Å². The van der Waals surface area contributed by atoms with E-state index in [2.05, 4.69) is 5.32 Å². The molecule has 0 saturated carbocycles. The van der Waals surface area contributed by atoms with Crippen LogP contribution in [-0.4, -0.2) is 26.6 Å². The number of ether oxygens (including phenoxy) is 1. The molecule has 23 heavy (non-hydrogen) atoms. The third kappa shape index (κ3) is 3.52. The highest BCUT2D eigenvalue weighted by molar-refractivity contribution is 7.89. The van der Waals surface area contributed by atoms with E-state index in [4.69, 9.17) is 20.7 Å². The van der Waals surface area contributed by atoms with Crippen molar-refractivity contribution in [1.29, 1.82) is 0 Å². The minimum Gasteiger partial charge on any atom is -0.495 e. The van der Waals surface area contributed by atoms with Crippen LogP contribution in [0.3, 0.4) is 0 Å². The number of aromatic carboxylic acids is 1. The monoisotopic (exact) mass is 337 g/mol. The molecule has 2 aromatic carbocycles. The van der Waals surface area contributed by atoms with Crippen molar-refractivity contribution >= 4 is 33.1 Å². The van der Waals surface area contributed by atoms with Crippen LogP contribution >= 0.6 is 0 Å². The molecule has 0 amide bonds. The zero-order valence-corrected chi connectivity index (χ0v) is 12.9. The van der Waals surface area contributed by atoms with Crippen molar-refractivity contribution < 1.29 is 23.1 Å². The molecule has 6 N–H and O–H groups in total. The van der Waals surface area contributed by atoms with E-state index in [1.165, 1.54) is 7.11 Å². The van der Waals surface area contributed by atoms with Crippen molar-refractivity contribution in [3.63, 3.8) is 0 Å². The lowest BCUT2D eigenvalue weighted by atomic mass is 10.1. The van der Waals surface area contributed by atoms with Crippen LogP contribution in [0.1, 0.15) is 10.4 Å². The number of primary sulfonamides is 1. The first-order chi connectivity index (χ1) is 10.7. The van der Waals surface area contributed by atoms with E-state index >= 15 is 0 Å². The molecule has 0 heterocycles. The molecule has 0 saturated heterocycles. The van der Waals surface area contributed by atoms with E-state index in [-0.39, 0.29) is 16.9 Å². The second-order valence-electron chi connectivity index (χ2n) is 4.61. The van der Waals surface area contributed by atoms with Gasteiger partial charge in [-0.3, -0.25) is 0 Å². The SMILES string of the molecule is COc1ccccc1Nc1c(N)cc(C(=O)O)cc1S(N)(=O)=O. The van der Waals surface area contributed by atoms with Crippen LogP contribution in [0, 0.1) is 0 Å². The largest absolute Gasteiger partial charge is 0.495 e. The van der Waals surface area contributed by atoms with Gasteiger partial charge in [-0.15, -0.1) is 0 Å². The Bertz CT molecular complexity index is 865. The average Bonchev–Trinajstić information content (AvgIpc) is 2.48. The van der Waals surface area contributed by atoms with Crippen LogP contribution in [0.15, 0.2) is 41.3 Å². The van der Waals surface area contributed by atoms with Gasteiger partial charge in [0, 0.05) is 0 Å². The summed E-state index contributed by atoms with van der Waals surface area (Å²) in [6, 6.07) is 8.86. The van der Waals surface area contributed by atoms with Crippen LogP contribution in [0.4, 0.5) is 17.1 Å². The number of nitrogen functional groups attached to an aromatic ring is 1. The molecule has 2 rings (SSSR count). The number of sulfonamides is 1. The lowest BCUT2D eigenvalue weighted by Gasteiger charge is -2.16. The van der Waals surface area contributed by atoms with E-state index in [1.54, 1.807) is 24.3 Å². The summed E-state index contributed by atoms with van der Waals surface area (Å²) in [6.45, 7) is 0. The number of benzene rings is 2. The summed E-state index contributed by atoms with van der Waals surface area (Å²) >= 11 is 0. The number of carboxylic acids is 1. The van der Waals surface area contributed by atoms with E-state index in [0.29, 0.717) is 11.4 Å². The molecule has 0 aliphatic heterocycles. The van der Waals surface area contributed by atoms with Gasteiger partial charge in [-0.1, -0.05) is 12.1 Å². The van der Waals surface area contributed by atoms with Crippen molar-refractivity contribution in [1.82, 2.24) is 0 Å². The number of hydrogen-bond donors (Lipinski definition) is 4. The first kappa shape index (κ1) is 16.6. The Morgan fingerprint density at radius 2 is 1.91 bits per heavy atom. The lowest BCUT2D eigenvalue weighted by Crippen LogP contribution is -2.16. The van der Waals surface area contributed by atoms with Crippen molar-refractivity contribution in [3.05, 3.63) is 42.0 Å². The maximum Gasteiger partial charge on any atom is 0.335 e. The summed E-state index contributed by atoms with van der Waals surface area (Å²) in [5, 5.41) is 17.0. The molecule has 0 atom stereocenters. The molecule has 8 nitrogen and oxygen atoms in total. The van der Waals surface area contributed by atoms with Gasteiger partial charge in [0.15, 0.2) is 0 Å². The van der Waals surface area contributed by atoms with Crippen molar-refractivity contribution in [3.8, 4) is 5.75 Å². The van der Waals surface area contributed by atoms with E-state index in [9.17, 15) is 13.2 Å². The third-order valence-corrected chi connectivity index (χ3v) is 3.99. The van der Waals surface area contributed by atoms with Crippen LogP contribution in [0.5, 0.6) is 5.75 Å². The summed E-state index contributed by atoms with van der Waals surface area (Å²) in [7, 11) is -2.74. The van der Waals surface area contributed by atoms with Crippen LogP contribution in [0.25, 0.3) is 0 Å². The molecule has 122 valence electrons. The molecule has 0 unspecified atom stereocenters. The summed E-state index contributed by atoms with van der Waals surface area (Å²) in [6.07, 6.45) is 0. The highest BCUT2D eigenvalue weighted by Crippen LogP contribution is 2.35. The highest BCUT2D eigenvalue weighted by Gasteiger charge is 2.21. The lowest BCUT2D eigenvalue weighted by molar-refractivity contribution is 0.0696. The van der Waals surface area contributed by atoms with Gasteiger partial charge in [-0.05, 0) is 24.3 Å². The topological polar surface area (TPSA) is 145 Å². The fourth-order valence-corrected chi connectivity index (χ4v) is 2.75. The van der Waals surface area contributed by atoms with Crippen molar-refractivity contribution in [2.75, 3.05) is 18.2 Å². The molecular formula is C14H15N3O5S. The molecular weight excluding hydrogens is 322 g/mol. The fraction of sp³-hybridized carbons (Fsp3) is 0.0714. The standard InChI is InChI=1S/C14H15N3O5S/c1-22-11-5-3-2-4-10(11)17-13-9(15)6-8(14(18)19)7-12(13)23(16,20)21/h2-7,17H,15H2,1H3,(H,18,19)(H2,16,20,21). The first-order valence-corrected chi connectivity index (χ1v) is 7.88. The quantitative estimate of drug-likeness (QED) is 0.603. The molecule has 0 aromatic heterocycles. The molecule has 0 aliphatic rings. The highest BCUT2D eigenvalue weighted by atomic mass is 32.2. The van der Waals surface area contributed by atoms with Gasteiger partial charge in [0.05, 0.1) is 29.7 Å². The zero-order chi connectivity index (χ0) is 17.2. The molecule has 9 heteroatoms. The predicted molar refractivity (Wildman–Crippen MR) is 85.5 cm³/mol. The maximum absolute atomic E-state index is 11.8. The summed E-state index contributed by atoms with van der Waals surface area (Å²) in [5.41, 5.74) is 5.90. The molecule has 0 spiro atoms. The van der Waals surface area contributed by atoms with Gasteiger partial charge in [0.25, 0.3) is 0 Å². The van der Waals surface area contributed by atoms with Gasteiger partial charge >= 0.3 is 5.97 Å². The Hall–Kier alpha value is -2.78. The zero-order valence-electron chi connectivity index (χ0n) is 12.1. The first-order valence-electron chi connectivity index (χ1n) is 6.33. The average molecular weight is 337 g/mol. The smallest absolute Gasteiger partial charge is 0.335 e. The second-order valence-corrected chi connectivity index (χ2v) is 6.14. The van der Waals surface area contributed by atoms with Crippen molar-refractivity contribution in [2.24, 2.45) is 5.14 Å². The fourth-order valence-electron chi connectivity index (χ4n) is 2.00. The summed E-state index contributed by atoms with van der Waals surface area (Å²) < 4.78 is 28.7. The Balaban J connectivity index is 2.64. The van der Waals surface area contributed by atoms with E-state index in [0.717, 1.165) is 12.1 Å². The Kier molecular flexibility index (Phi) is 4.43. The Morgan fingerprint density at radius 1 is 1.26 bits per heavy atom. The number of nitrogens with one attached hydrogen (secondary N) is 1. The van der Waals surface area contributed by atoms with Gasteiger partial charge in [0.1, 0.15) is 10.6 Å².